The minimum absolute atomic E-state index is 0.182. The highest BCUT2D eigenvalue weighted by molar-refractivity contribution is 5.96. The number of ketones is 1. The number of hydrogen-bond donors (Lipinski definition) is 0. The Balaban J connectivity index is 1.97. The van der Waals surface area contributed by atoms with Crippen LogP contribution in [0.3, 0.4) is 0 Å². The summed E-state index contributed by atoms with van der Waals surface area (Å²) in [6.45, 7) is 7.42. The minimum Gasteiger partial charge on any atom is -0.348 e. The summed E-state index contributed by atoms with van der Waals surface area (Å²) < 4.78 is 11.4. The molecule has 2 atom stereocenters. The lowest BCUT2D eigenvalue weighted by Gasteiger charge is -2.33. The standard InChI is InChI=1S/C16H22O3/c1-12(13(2)16(3)18-9-10-19-16)11-15(17)14-7-5-4-6-8-14/h4-8,12-13H,9-11H2,1-3H3. The Kier molecular flexibility index (Phi) is 4.38. The second kappa shape index (κ2) is 5.85. The van der Waals surface area contributed by atoms with E-state index < -0.39 is 5.79 Å². The van der Waals surface area contributed by atoms with Gasteiger partial charge < -0.3 is 9.47 Å². The summed E-state index contributed by atoms with van der Waals surface area (Å²) in [5.74, 6) is 0.0381. The van der Waals surface area contributed by atoms with Gasteiger partial charge in [-0.15, -0.1) is 0 Å². The zero-order valence-electron chi connectivity index (χ0n) is 11.9. The molecule has 19 heavy (non-hydrogen) atoms. The molecule has 0 N–H and O–H groups in total. The summed E-state index contributed by atoms with van der Waals surface area (Å²) >= 11 is 0. The lowest BCUT2D eigenvalue weighted by atomic mass is 9.84. The van der Waals surface area contributed by atoms with E-state index in [1.54, 1.807) is 0 Å². The number of carbonyl (C=O) groups is 1. The maximum atomic E-state index is 12.2. The Morgan fingerprint density at radius 3 is 2.37 bits per heavy atom. The van der Waals surface area contributed by atoms with Crippen LogP contribution in [0.1, 0.15) is 37.6 Å². The third-order valence-corrected chi connectivity index (χ3v) is 4.14. The van der Waals surface area contributed by atoms with E-state index in [1.807, 2.05) is 37.3 Å². The predicted molar refractivity (Wildman–Crippen MR) is 74.0 cm³/mol. The lowest BCUT2D eigenvalue weighted by molar-refractivity contribution is -0.187. The Hall–Kier alpha value is -1.19. The van der Waals surface area contributed by atoms with Crippen LogP contribution in [0.5, 0.6) is 0 Å². The van der Waals surface area contributed by atoms with Crippen LogP contribution >= 0.6 is 0 Å². The quantitative estimate of drug-likeness (QED) is 0.764. The molecule has 2 unspecified atom stereocenters. The van der Waals surface area contributed by atoms with Gasteiger partial charge in [0.05, 0.1) is 13.2 Å². The molecule has 1 heterocycles. The zero-order chi connectivity index (χ0) is 13.9. The molecule has 2 rings (SSSR count). The summed E-state index contributed by atoms with van der Waals surface area (Å²) in [7, 11) is 0. The molecule has 3 heteroatoms. The summed E-state index contributed by atoms with van der Waals surface area (Å²) in [4.78, 5) is 12.2. The molecule has 0 spiro atoms. The first-order chi connectivity index (χ1) is 9.03. The van der Waals surface area contributed by atoms with Crippen molar-refractivity contribution in [3.63, 3.8) is 0 Å². The Morgan fingerprint density at radius 1 is 1.21 bits per heavy atom. The van der Waals surface area contributed by atoms with Crippen LogP contribution in [0.4, 0.5) is 0 Å². The SMILES string of the molecule is CC(CC(=O)c1ccccc1)C(C)C1(C)OCCO1. The van der Waals surface area contributed by atoms with Crippen LogP contribution in [0, 0.1) is 11.8 Å². The minimum atomic E-state index is -0.545. The third kappa shape index (κ3) is 3.23. The fourth-order valence-corrected chi connectivity index (χ4v) is 2.52. The molecule has 0 amide bonds. The van der Waals surface area contributed by atoms with Gasteiger partial charge >= 0.3 is 0 Å². The van der Waals surface area contributed by atoms with Gasteiger partial charge in [0.25, 0.3) is 0 Å². The first kappa shape index (κ1) is 14.2. The van der Waals surface area contributed by atoms with Crippen molar-refractivity contribution in [2.75, 3.05) is 13.2 Å². The highest BCUT2D eigenvalue weighted by Gasteiger charge is 2.40. The molecule has 1 aromatic carbocycles. The van der Waals surface area contributed by atoms with E-state index in [1.165, 1.54) is 0 Å². The average Bonchev–Trinajstić information content (AvgIpc) is 2.87. The van der Waals surface area contributed by atoms with Crippen LogP contribution in [0.2, 0.25) is 0 Å². The van der Waals surface area contributed by atoms with Crippen molar-refractivity contribution in [1.29, 1.82) is 0 Å². The molecule has 0 saturated carbocycles. The molecule has 0 bridgehead atoms. The van der Waals surface area contributed by atoms with E-state index in [-0.39, 0.29) is 17.6 Å². The first-order valence-electron chi connectivity index (χ1n) is 6.89. The topological polar surface area (TPSA) is 35.5 Å². The Morgan fingerprint density at radius 2 is 1.79 bits per heavy atom. The van der Waals surface area contributed by atoms with Crippen molar-refractivity contribution in [2.24, 2.45) is 11.8 Å². The normalized spacial score (nSPS) is 21.0. The smallest absolute Gasteiger partial charge is 0.168 e. The van der Waals surface area contributed by atoms with Crippen LogP contribution in [0.25, 0.3) is 0 Å². The molecule has 1 aliphatic rings. The van der Waals surface area contributed by atoms with Crippen molar-refractivity contribution in [1.82, 2.24) is 0 Å². The van der Waals surface area contributed by atoms with Crippen molar-refractivity contribution >= 4 is 5.78 Å². The maximum absolute atomic E-state index is 12.2. The summed E-state index contributed by atoms with van der Waals surface area (Å²) in [6.07, 6.45) is 0.521. The highest BCUT2D eigenvalue weighted by atomic mass is 16.7. The van der Waals surface area contributed by atoms with Gasteiger partial charge in [0.2, 0.25) is 0 Å². The van der Waals surface area contributed by atoms with Crippen LogP contribution in [-0.4, -0.2) is 24.8 Å². The van der Waals surface area contributed by atoms with Crippen molar-refractivity contribution in [3.8, 4) is 0 Å². The largest absolute Gasteiger partial charge is 0.348 e. The number of benzene rings is 1. The molecule has 1 fully saturated rings. The lowest BCUT2D eigenvalue weighted by Crippen LogP contribution is -2.38. The molecule has 1 aliphatic heterocycles. The van der Waals surface area contributed by atoms with Crippen LogP contribution in [0.15, 0.2) is 30.3 Å². The summed E-state index contributed by atoms with van der Waals surface area (Å²) in [5.41, 5.74) is 0.778. The molecule has 3 nitrogen and oxygen atoms in total. The molecule has 1 aromatic rings. The average molecular weight is 262 g/mol. The molecule has 0 radical (unpaired) electrons. The van der Waals surface area contributed by atoms with Crippen molar-refractivity contribution < 1.29 is 14.3 Å². The number of hydrogen-bond acceptors (Lipinski definition) is 3. The molecular formula is C16H22O3. The monoisotopic (exact) mass is 262 g/mol. The van der Waals surface area contributed by atoms with Crippen molar-refractivity contribution in [2.45, 2.75) is 33.0 Å². The van der Waals surface area contributed by atoms with E-state index in [4.69, 9.17) is 9.47 Å². The van der Waals surface area contributed by atoms with Crippen LogP contribution in [-0.2, 0) is 9.47 Å². The van der Waals surface area contributed by atoms with Gasteiger partial charge in [0.1, 0.15) is 0 Å². The Labute approximate surface area is 114 Å². The molecular weight excluding hydrogens is 240 g/mol. The van der Waals surface area contributed by atoms with E-state index in [0.717, 1.165) is 5.56 Å². The van der Waals surface area contributed by atoms with E-state index in [9.17, 15) is 4.79 Å². The van der Waals surface area contributed by atoms with Crippen molar-refractivity contribution in [3.05, 3.63) is 35.9 Å². The predicted octanol–water partition coefficient (Wildman–Crippen LogP) is 3.29. The third-order valence-electron chi connectivity index (χ3n) is 4.14. The number of Topliss-reactive ketones (excluding diaryl/α,β-unsaturated/α-hetero) is 1. The second-order valence-electron chi connectivity index (χ2n) is 5.47. The van der Waals surface area contributed by atoms with Gasteiger partial charge in [0, 0.05) is 17.9 Å². The number of rotatable bonds is 5. The fraction of sp³-hybridized carbons (Fsp3) is 0.562. The number of ether oxygens (including phenoxy) is 2. The molecule has 0 aliphatic carbocycles. The van der Waals surface area contributed by atoms with E-state index in [0.29, 0.717) is 19.6 Å². The molecule has 1 saturated heterocycles. The van der Waals surface area contributed by atoms with Gasteiger partial charge in [-0.2, -0.15) is 0 Å². The van der Waals surface area contributed by atoms with Gasteiger partial charge in [-0.1, -0.05) is 44.2 Å². The van der Waals surface area contributed by atoms with E-state index in [2.05, 4.69) is 13.8 Å². The van der Waals surface area contributed by atoms with E-state index >= 15 is 0 Å². The van der Waals surface area contributed by atoms with Gasteiger partial charge in [-0.3, -0.25) is 4.79 Å². The van der Waals surface area contributed by atoms with Gasteiger partial charge in [-0.25, -0.2) is 0 Å². The van der Waals surface area contributed by atoms with Gasteiger partial charge in [0.15, 0.2) is 11.6 Å². The first-order valence-corrected chi connectivity index (χ1v) is 6.89. The maximum Gasteiger partial charge on any atom is 0.168 e. The summed E-state index contributed by atoms with van der Waals surface area (Å²) in [5, 5.41) is 0. The van der Waals surface area contributed by atoms with Crippen LogP contribution < -0.4 is 0 Å². The zero-order valence-corrected chi connectivity index (χ0v) is 11.9. The van der Waals surface area contributed by atoms with Gasteiger partial charge in [-0.05, 0) is 12.8 Å². The summed E-state index contributed by atoms with van der Waals surface area (Å²) in [6, 6.07) is 9.44. The second-order valence-corrected chi connectivity index (χ2v) is 5.47. The highest BCUT2D eigenvalue weighted by Crippen LogP contribution is 2.34. The fourth-order valence-electron chi connectivity index (χ4n) is 2.52. The number of carbonyl (C=O) groups excluding carboxylic acids is 1. The molecule has 104 valence electrons. The molecule has 0 aromatic heterocycles. The Bertz CT molecular complexity index is 421.